The quantitative estimate of drug-likeness (QED) is 0.312. The lowest BCUT2D eigenvalue weighted by atomic mass is 10.2. The van der Waals surface area contributed by atoms with Crippen LogP contribution in [0.25, 0.3) is 21.7 Å². The van der Waals surface area contributed by atoms with E-state index in [1.807, 2.05) is 36.4 Å². The number of hydrogen-bond donors (Lipinski definition) is 0. The maximum atomic E-state index is 13.7. The Balaban J connectivity index is 1.58. The fourth-order valence-corrected chi connectivity index (χ4v) is 5.87. The first kappa shape index (κ1) is 20.2. The van der Waals surface area contributed by atoms with Crippen LogP contribution in [0.5, 0.6) is 0 Å². The Morgan fingerprint density at radius 1 is 0.781 bits per heavy atom. The van der Waals surface area contributed by atoms with E-state index >= 15 is 0 Å². The van der Waals surface area contributed by atoms with Crippen molar-refractivity contribution >= 4 is 32.2 Å². The number of rotatable bonds is 6. The summed E-state index contributed by atoms with van der Waals surface area (Å²) in [7, 11) is -3.92. The van der Waals surface area contributed by atoms with Gasteiger partial charge in [0.05, 0.1) is 15.5 Å². The average molecular weight is 460 g/mol. The summed E-state index contributed by atoms with van der Waals surface area (Å²) >= 11 is 1.32. The van der Waals surface area contributed by atoms with Crippen LogP contribution < -0.4 is 4.31 Å². The SMILES string of the molecule is O=S(=O)(c1ccc(-c2ccon2)cc1)N(c1ccccc1)c1ncc(-c2ccccc2)s1. The van der Waals surface area contributed by atoms with Gasteiger partial charge in [-0.05, 0) is 29.8 Å². The van der Waals surface area contributed by atoms with Gasteiger partial charge in [0.1, 0.15) is 12.0 Å². The van der Waals surface area contributed by atoms with Gasteiger partial charge >= 0.3 is 0 Å². The molecule has 0 atom stereocenters. The summed E-state index contributed by atoms with van der Waals surface area (Å²) in [6, 6.07) is 27.0. The van der Waals surface area contributed by atoms with E-state index in [1.165, 1.54) is 21.9 Å². The van der Waals surface area contributed by atoms with E-state index in [-0.39, 0.29) is 4.90 Å². The molecule has 0 N–H and O–H groups in total. The summed E-state index contributed by atoms with van der Waals surface area (Å²) < 4.78 is 33.6. The molecule has 0 aliphatic carbocycles. The van der Waals surface area contributed by atoms with Crippen LogP contribution in [0, 0.1) is 0 Å². The van der Waals surface area contributed by atoms with Gasteiger partial charge < -0.3 is 4.52 Å². The third-order valence-corrected chi connectivity index (χ3v) is 7.72. The number of nitrogens with zero attached hydrogens (tertiary/aromatic N) is 3. The topological polar surface area (TPSA) is 76.3 Å². The van der Waals surface area contributed by atoms with Gasteiger partial charge in [-0.1, -0.05) is 77.2 Å². The molecule has 0 saturated carbocycles. The molecule has 0 radical (unpaired) electrons. The van der Waals surface area contributed by atoms with Crippen molar-refractivity contribution in [3.8, 4) is 21.7 Å². The highest BCUT2D eigenvalue weighted by atomic mass is 32.2. The molecule has 0 aliphatic rings. The van der Waals surface area contributed by atoms with Crippen LogP contribution in [-0.2, 0) is 10.0 Å². The standard InChI is InChI=1S/C24H17N3O3S2/c28-32(29,21-13-11-18(12-14-21)22-15-16-30-26-22)27(20-9-5-2-6-10-20)24-25-17-23(31-24)19-7-3-1-4-8-19/h1-17H. The summed E-state index contributed by atoms with van der Waals surface area (Å²) in [5, 5.41) is 4.27. The molecule has 158 valence electrons. The molecule has 5 aromatic rings. The second-order valence-electron chi connectivity index (χ2n) is 6.89. The second-order valence-corrected chi connectivity index (χ2v) is 9.68. The highest BCUT2D eigenvalue weighted by Crippen LogP contribution is 2.38. The lowest BCUT2D eigenvalue weighted by Gasteiger charge is -2.22. The molecule has 0 unspecified atom stereocenters. The van der Waals surface area contributed by atoms with Gasteiger partial charge in [-0.2, -0.15) is 0 Å². The van der Waals surface area contributed by atoms with E-state index in [0.29, 0.717) is 16.5 Å². The Labute approximate surface area is 189 Å². The molecule has 2 heterocycles. The molecule has 6 nitrogen and oxygen atoms in total. The van der Waals surface area contributed by atoms with Gasteiger partial charge in [-0.15, -0.1) is 0 Å². The molecule has 3 aromatic carbocycles. The van der Waals surface area contributed by atoms with Crippen molar-refractivity contribution in [1.82, 2.24) is 10.1 Å². The van der Waals surface area contributed by atoms with Crippen LogP contribution >= 0.6 is 11.3 Å². The van der Waals surface area contributed by atoms with Crippen LogP contribution in [-0.4, -0.2) is 18.6 Å². The molecular weight excluding hydrogens is 442 g/mol. The molecule has 0 fully saturated rings. The number of anilines is 2. The first-order valence-corrected chi connectivity index (χ1v) is 12.0. The summed E-state index contributed by atoms with van der Waals surface area (Å²) in [5.74, 6) is 0. The predicted molar refractivity (Wildman–Crippen MR) is 125 cm³/mol. The normalized spacial score (nSPS) is 11.4. The van der Waals surface area contributed by atoms with E-state index < -0.39 is 10.0 Å². The highest BCUT2D eigenvalue weighted by molar-refractivity contribution is 7.93. The number of thiazole rings is 1. The minimum Gasteiger partial charge on any atom is -0.364 e. The Morgan fingerprint density at radius 2 is 1.47 bits per heavy atom. The molecule has 0 saturated heterocycles. The molecular formula is C24H17N3O3S2. The average Bonchev–Trinajstić information content (AvgIpc) is 3.54. The van der Waals surface area contributed by atoms with E-state index in [2.05, 4.69) is 10.1 Å². The first-order chi connectivity index (χ1) is 15.6. The molecule has 0 bridgehead atoms. The lowest BCUT2D eigenvalue weighted by molar-refractivity contribution is 0.422. The Bertz CT molecular complexity index is 1420. The van der Waals surface area contributed by atoms with E-state index in [1.54, 1.807) is 60.8 Å². The number of sulfonamides is 1. The zero-order chi connectivity index (χ0) is 22.0. The second kappa shape index (κ2) is 8.41. The van der Waals surface area contributed by atoms with Gasteiger partial charge in [0, 0.05) is 17.8 Å². The van der Waals surface area contributed by atoms with Gasteiger partial charge in [0.2, 0.25) is 5.13 Å². The van der Waals surface area contributed by atoms with Crippen molar-refractivity contribution in [3.63, 3.8) is 0 Å². The molecule has 5 rings (SSSR count). The zero-order valence-electron chi connectivity index (χ0n) is 16.7. The lowest BCUT2D eigenvalue weighted by Crippen LogP contribution is -2.26. The Hall–Kier alpha value is -3.75. The third-order valence-electron chi connectivity index (χ3n) is 4.84. The largest absolute Gasteiger partial charge is 0.364 e. The number of hydrogen-bond acceptors (Lipinski definition) is 6. The van der Waals surface area contributed by atoms with Crippen molar-refractivity contribution in [3.05, 3.63) is 103 Å². The smallest absolute Gasteiger partial charge is 0.270 e. The number of aromatic nitrogens is 2. The number of para-hydroxylation sites is 1. The first-order valence-electron chi connectivity index (χ1n) is 9.75. The Morgan fingerprint density at radius 3 is 2.12 bits per heavy atom. The minimum absolute atomic E-state index is 0.157. The van der Waals surface area contributed by atoms with Crippen LogP contribution in [0.15, 0.2) is 113 Å². The monoisotopic (exact) mass is 459 g/mol. The predicted octanol–water partition coefficient (Wildman–Crippen LogP) is 5.99. The van der Waals surface area contributed by atoms with Crippen LogP contribution in [0.4, 0.5) is 10.8 Å². The molecule has 0 spiro atoms. The molecule has 32 heavy (non-hydrogen) atoms. The van der Waals surface area contributed by atoms with Gasteiger partial charge in [-0.3, -0.25) is 0 Å². The number of benzene rings is 3. The third kappa shape index (κ3) is 3.81. The van der Waals surface area contributed by atoms with Crippen LogP contribution in [0.2, 0.25) is 0 Å². The molecule has 0 aliphatic heterocycles. The highest BCUT2D eigenvalue weighted by Gasteiger charge is 2.29. The van der Waals surface area contributed by atoms with Crippen LogP contribution in [0.3, 0.4) is 0 Å². The van der Waals surface area contributed by atoms with Crippen molar-refractivity contribution in [2.45, 2.75) is 4.90 Å². The zero-order valence-corrected chi connectivity index (χ0v) is 18.3. The summed E-state index contributed by atoms with van der Waals surface area (Å²) in [6.45, 7) is 0. The molecule has 2 aromatic heterocycles. The maximum absolute atomic E-state index is 13.7. The molecule has 0 amide bonds. The van der Waals surface area contributed by atoms with Crippen molar-refractivity contribution < 1.29 is 12.9 Å². The fourth-order valence-electron chi connectivity index (χ4n) is 3.27. The Kier molecular flexibility index (Phi) is 5.30. The fraction of sp³-hybridized carbons (Fsp3) is 0. The van der Waals surface area contributed by atoms with E-state index in [4.69, 9.17) is 4.52 Å². The summed E-state index contributed by atoms with van der Waals surface area (Å²) in [6.07, 6.45) is 3.18. The molecule has 8 heteroatoms. The summed E-state index contributed by atoms with van der Waals surface area (Å²) in [5.41, 5.74) is 2.91. The minimum atomic E-state index is -3.92. The van der Waals surface area contributed by atoms with E-state index in [9.17, 15) is 8.42 Å². The van der Waals surface area contributed by atoms with E-state index in [0.717, 1.165) is 16.0 Å². The van der Waals surface area contributed by atoms with Crippen molar-refractivity contribution in [2.24, 2.45) is 0 Å². The van der Waals surface area contributed by atoms with Crippen molar-refractivity contribution in [2.75, 3.05) is 4.31 Å². The van der Waals surface area contributed by atoms with Gasteiger partial charge in [-0.25, -0.2) is 17.7 Å². The summed E-state index contributed by atoms with van der Waals surface area (Å²) in [4.78, 5) is 5.51. The van der Waals surface area contributed by atoms with Gasteiger partial charge in [0.15, 0.2) is 0 Å². The van der Waals surface area contributed by atoms with Crippen molar-refractivity contribution in [1.29, 1.82) is 0 Å². The van der Waals surface area contributed by atoms with Gasteiger partial charge in [0.25, 0.3) is 10.0 Å². The van der Waals surface area contributed by atoms with Crippen LogP contribution in [0.1, 0.15) is 0 Å². The maximum Gasteiger partial charge on any atom is 0.270 e.